The summed E-state index contributed by atoms with van der Waals surface area (Å²) in [5.41, 5.74) is 6.55. The van der Waals surface area contributed by atoms with Crippen molar-refractivity contribution in [1.82, 2.24) is 0 Å². The van der Waals surface area contributed by atoms with E-state index in [0.29, 0.717) is 10.8 Å². The van der Waals surface area contributed by atoms with Crippen LogP contribution in [0.25, 0.3) is 0 Å². The van der Waals surface area contributed by atoms with Crippen molar-refractivity contribution < 1.29 is 9.84 Å². The third kappa shape index (κ3) is 2.38. The molecule has 2 atom stereocenters. The van der Waals surface area contributed by atoms with E-state index >= 15 is 0 Å². The van der Waals surface area contributed by atoms with Gasteiger partial charge in [-0.1, -0.05) is 17.7 Å². The molecule has 1 aromatic rings. The Hall–Kier alpha value is -0.770. The Kier molecular flexibility index (Phi) is 3.75. The Morgan fingerprint density at radius 2 is 2.14 bits per heavy atom. The second kappa shape index (κ2) is 4.64. The summed E-state index contributed by atoms with van der Waals surface area (Å²) in [7, 11) is 1.55. The van der Waals surface area contributed by atoms with Crippen molar-refractivity contribution in [2.24, 2.45) is 5.73 Å². The minimum absolute atomic E-state index is 0.456. The summed E-state index contributed by atoms with van der Waals surface area (Å²) in [6, 6.07) is 4.71. The van der Waals surface area contributed by atoms with E-state index in [9.17, 15) is 5.11 Å². The van der Waals surface area contributed by atoms with Crippen molar-refractivity contribution in [2.45, 2.75) is 19.1 Å². The molecule has 4 heteroatoms. The van der Waals surface area contributed by atoms with Gasteiger partial charge in [-0.05, 0) is 19.1 Å². The maximum Gasteiger partial charge on any atom is 0.125 e. The summed E-state index contributed by atoms with van der Waals surface area (Å²) in [6.07, 6.45) is -0.620. The summed E-state index contributed by atoms with van der Waals surface area (Å²) >= 11 is 5.80. The van der Waals surface area contributed by atoms with Crippen LogP contribution in [-0.2, 0) is 0 Å². The number of hydrogen-bond donors (Lipinski definition) is 2. The van der Waals surface area contributed by atoms with Crippen LogP contribution < -0.4 is 10.5 Å². The number of rotatable bonds is 3. The van der Waals surface area contributed by atoms with Gasteiger partial charge in [0.25, 0.3) is 0 Å². The molecule has 0 radical (unpaired) electrons. The van der Waals surface area contributed by atoms with Crippen LogP contribution >= 0.6 is 11.6 Å². The largest absolute Gasteiger partial charge is 0.496 e. The van der Waals surface area contributed by atoms with E-state index in [4.69, 9.17) is 22.1 Å². The number of methoxy groups -OCH3 is 1. The highest BCUT2D eigenvalue weighted by Gasteiger charge is 2.16. The van der Waals surface area contributed by atoms with Gasteiger partial charge in [0.1, 0.15) is 5.75 Å². The summed E-state index contributed by atoms with van der Waals surface area (Å²) < 4.78 is 5.12. The number of nitrogens with two attached hydrogens (primary N) is 1. The fourth-order valence-corrected chi connectivity index (χ4v) is 1.38. The molecule has 0 fully saturated rings. The smallest absolute Gasteiger partial charge is 0.125 e. The highest BCUT2D eigenvalue weighted by molar-refractivity contribution is 6.30. The molecule has 0 aliphatic heterocycles. The summed E-state index contributed by atoms with van der Waals surface area (Å²) in [5, 5.41) is 9.94. The van der Waals surface area contributed by atoms with E-state index in [2.05, 4.69) is 0 Å². The van der Waals surface area contributed by atoms with Crippen LogP contribution in [0.4, 0.5) is 0 Å². The average Bonchev–Trinajstić information content (AvgIpc) is 2.16. The van der Waals surface area contributed by atoms with Crippen LogP contribution in [0.2, 0.25) is 5.02 Å². The number of halogens is 1. The van der Waals surface area contributed by atoms with Crippen molar-refractivity contribution in [1.29, 1.82) is 0 Å². The van der Waals surface area contributed by atoms with Crippen molar-refractivity contribution >= 4 is 11.6 Å². The number of aliphatic hydroxyl groups is 1. The van der Waals surface area contributed by atoms with Crippen LogP contribution in [0.3, 0.4) is 0 Å². The minimum Gasteiger partial charge on any atom is -0.496 e. The van der Waals surface area contributed by atoms with Crippen LogP contribution in [-0.4, -0.2) is 18.3 Å². The molecule has 0 amide bonds. The SMILES string of the molecule is COc1cc(Cl)ccc1[C@H](N)[C@H](C)O. The highest BCUT2D eigenvalue weighted by atomic mass is 35.5. The van der Waals surface area contributed by atoms with Crippen LogP contribution in [0, 0.1) is 0 Å². The van der Waals surface area contributed by atoms with Gasteiger partial charge >= 0.3 is 0 Å². The lowest BCUT2D eigenvalue weighted by Gasteiger charge is -2.18. The molecule has 3 nitrogen and oxygen atoms in total. The van der Waals surface area contributed by atoms with Gasteiger partial charge in [0, 0.05) is 10.6 Å². The third-order valence-electron chi connectivity index (χ3n) is 2.07. The number of hydrogen-bond acceptors (Lipinski definition) is 3. The van der Waals surface area contributed by atoms with Crippen molar-refractivity contribution in [2.75, 3.05) is 7.11 Å². The predicted molar refractivity (Wildman–Crippen MR) is 56.6 cm³/mol. The molecule has 1 aromatic carbocycles. The quantitative estimate of drug-likeness (QED) is 0.808. The molecule has 0 spiro atoms. The molecule has 0 bridgehead atoms. The lowest BCUT2D eigenvalue weighted by atomic mass is 10.0. The summed E-state index contributed by atoms with van der Waals surface area (Å²) in [5.74, 6) is 0.603. The van der Waals surface area contributed by atoms with Gasteiger partial charge < -0.3 is 15.6 Å². The maximum absolute atomic E-state index is 9.35. The lowest BCUT2D eigenvalue weighted by Crippen LogP contribution is -2.23. The van der Waals surface area contributed by atoms with Gasteiger partial charge in [0.05, 0.1) is 19.3 Å². The molecule has 1 rings (SSSR count). The molecule has 0 saturated carbocycles. The molecule has 0 aliphatic carbocycles. The molecule has 0 heterocycles. The zero-order chi connectivity index (χ0) is 10.7. The fourth-order valence-electron chi connectivity index (χ4n) is 1.22. The first kappa shape index (κ1) is 11.3. The third-order valence-corrected chi connectivity index (χ3v) is 2.31. The lowest BCUT2D eigenvalue weighted by molar-refractivity contribution is 0.162. The highest BCUT2D eigenvalue weighted by Crippen LogP contribution is 2.28. The first-order valence-corrected chi connectivity index (χ1v) is 4.71. The predicted octanol–water partition coefficient (Wildman–Crippen LogP) is 1.73. The van der Waals surface area contributed by atoms with Crippen LogP contribution in [0.5, 0.6) is 5.75 Å². The summed E-state index contributed by atoms with van der Waals surface area (Å²) in [4.78, 5) is 0. The number of benzene rings is 1. The molecule has 0 aliphatic rings. The van der Waals surface area contributed by atoms with E-state index in [1.165, 1.54) is 0 Å². The van der Waals surface area contributed by atoms with Crippen LogP contribution in [0.15, 0.2) is 18.2 Å². The number of aliphatic hydroxyl groups excluding tert-OH is 1. The van der Waals surface area contributed by atoms with E-state index in [0.717, 1.165) is 5.56 Å². The van der Waals surface area contributed by atoms with Gasteiger partial charge in [-0.15, -0.1) is 0 Å². The maximum atomic E-state index is 9.35. The zero-order valence-electron chi connectivity index (χ0n) is 8.20. The van der Waals surface area contributed by atoms with Gasteiger partial charge in [-0.3, -0.25) is 0 Å². The van der Waals surface area contributed by atoms with Crippen molar-refractivity contribution in [3.8, 4) is 5.75 Å². The van der Waals surface area contributed by atoms with Crippen LogP contribution in [0.1, 0.15) is 18.5 Å². The monoisotopic (exact) mass is 215 g/mol. The second-order valence-electron chi connectivity index (χ2n) is 3.15. The topological polar surface area (TPSA) is 55.5 Å². The first-order chi connectivity index (χ1) is 6.56. The van der Waals surface area contributed by atoms with E-state index in [-0.39, 0.29) is 0 Å². The molecule has 14 heavy (non-hydrogen) atoms. The Balaban J connectivity index is 3.07. The Morgan fingerprint density at radius 1 is 1.50 bits per heavy atom. The van der Waals surface area contributed by atoms with Gasteiger partial charge in [0.15, 0.2) is 0 Å². The second-order valence-corrected chi connectivity index (χ2v) is 3.59. The molecule has 0 unspecified atom stereocenters. The van der Waals surface area contributed by atoms with Gasteiger partial charge in [-0.2, -0.15) is 0 Å². The van der Waals surface area contributed by atoms with Crippen molar-refractivity contribution in [3.63, 3.8) is 0 Å². The Bertz CT molecular complexity index is 315. The van der Waals surface area contributed by atoms with E-state index in [1.807, 2.05) is 0 Å². The fraction of sp³-hybridized carbons (Fsp3) is 0.400. The molecule has 0 aromatic heterocycles. The molecule has 78 valence electrons. The van der Waals surface area contributed by atoms with Gasteiger partial charge in [0.2, 0.25) is 0 Å². The Morgan fingerprint density at radius 3 is 2.64 bits per heavy atom. The van der Waals surface area contributed by atoms with Crippen molar-refractivity contribution in [3.05, 3.63) is 28.8 Å². The Labute approximate surface area is 88.4 Å². The van der Waals surface area contributed by atoms with E-state index in [1.54, 1.807) is 32.2 Å². The summed E-state index contributed by atoms with van der Waals surface area (Å²) in [6.45, 7) is 1.64. The van der Waals surface area contributed by atoms with E-state index < -0.39 is 12.1 Å². The minimum atomic E-state index is -0.620. The average molecular weight is 216 g/mol. The molecular formula is C10H14ClNO2. The standard InChI is InChI=1S/C10H14ClNO2/c1-6(13)10(12)8-4-3-7(11)5-9(8)14-2/h3-6,10,13H,12H2,1-2H3/t6-,10+/m0/s1. The molecular weight excluding hydrogens is 202 g/mol. The first-order valence-electron chi connectivity index (χ1n) is 4.33. The van der Waals surface area contributed by atoms with Gasteiger partial charge in [-0.25, -0.2) is 0 Å². The normalized spacial score (nSPS) is 14.9. The zero-order valence-corrected chi connectivity index (χ0v) is 8.95. The number of ether oxygens (including phenoxy) is 1. The molecule has 3 N–H and O–H groups in total. The molecule has 0 saturated heterocycles.